The Hall–Kier alpha value is -0.570. The largest absolute Gasteiger partial charge is 0.396 e. The van der Waals surface area contributed by atoms with Crippen molar-refractivity contribution in [2.75, 3.05) is 6.61 Å². The van der Waals surface area contributed by atoms with Gasteiger partial charge in [0.1, 0.15) is 0 Å². The van der Waals surface area contributed by atoms with Crippen molar-refractivity contribution < 1.29 is 10.2 Å². The Morgan fingerprint density at radius 2 is 1.93 bits per heavy atom. The van der Waals surface area contributed by atoms with Crippen LogP contribution < -0.4 is 0 Å². The maximum Gasteiger partial charge on any atom is 0.0877 e. The van der Waals surface area contributed by atoms with Gasteiger partial charge in [-0.25, -0.2) is 0 Å². The van der Waals surface area contributed by atoms with Crippen molar-refractivity contribution in [2.45, 2.75) is 20.0 Å². The number of aliphatic hydroxyl groups excluding tert-OH is 2. The van der Waals surface area contributed by atoms with Gasteiger partial charge in [0.2, 0.25) is 0 Å². The summed E-state index contributed by atoms with van der Waals surface area (Å²) < 4.78 is 0. The maximum atomic E-state index is 9.98. The zero-order valence-electron chi connectivity index (χ0n) is 8.37. The van der Waals surface area contributed by atoms with Crippen LogP contribution in [0.1, 0.15) is 25.5 Å². The molecule has 0 spiro atoms. The standard InChI is InChI=1S/C11H15ClO2/c1-11(2,7-13)10(14)8-5-3-4-6-9(8)12/h3-6,10,13-14H,7H2,1-2H3/t10-/m0/s1. The van der Waals surface area contributed by atoms with Gasteiger partial charge in [0.05, 0.1) is 12.7 Å². The summed E-state index contributed by atoms with van der Waals surface area (Å²) in [4.78, 5) is 0. The second-order valence-corrected chi connectivity index (χ2v) is 4.48. The van der Waals surface area contributed by atoms with Crippen LogP contribution in [0.2, 0.25) is 5.02 Å². The molecular formula is C11H15ClO2. The fourth-order valence-corrected chi connectivity index (χ4v) is 1.44. The number of halogens is 1. The van der Waals surface area contributed by atoms with Crippen LogP contribution in [0, 0.1) is 5.41 Å². The molecule has 1 aromatic carbocycles. The predicted octanol–water partition coefficient (Wildman–Crippen LogP) is 2.39. The average molecular weight is 215 g/mol. The van der Waals surface area contributed by atoms with Gasteiger partial charge in [0.15, 0.2) is 0 Å². The highest BCUT2D eigenvalue weighted by atomic mass is 35.5. The van der Waals surface area contributed by atoms with Crippen LogP contribution in [-0.2, 0) is 0 Å². The van der Waals surface area contributed by atoms with Crippen LogP contribution in [0.4, 0.5) is 0 Å². The molecule has 0 aliphatic rings. The monoisotopic (exact) mass is 214 g/mol. The quantitative estimate of drug-likeness (QED) is 0.811. The summed E-state index contributed by atoms with van der Waals surface area (Å²) in [6, 6.07) is 7.13. The zero-order chi connectivity index (χ0) is 10.8. The van der Waals surface area contributed by atoms with Gasteiger partial charge in [0.25, 0.3) is 0 Å². The lowest BCUT2D eigenvalue weighted by molar-refractivity contribution is 0.00645. The number of hydrogen-bond donors (Lipinski definition) is 2. The van der Waals surface area contributed by atoms with Gasteiger partial charge in [-0.05, 0) is 11.6 Å². The molecule has 1 atom stereocenters. The Labute approximate surface area is 89.1 Å². The van der Waals surface area contributed by atoms with Gasteiger partial charge in [-0.1, -0.05) is 43.6 Å². The molecule has 2 N–H and O–H groups in total. The van der Waals surface area contributed by atoms with Crippen LogP contribution in [0.5, 0.6) is 0 Å². The molecule has 0 saturated carbocycles. The summed E-state index contributed by atoms with van der Waals surface area (Å²) in [6.45, 7) is 3.50. The third-order valence-corrected chi connectivity index (χ3v) is 2.69. The van der Waals surface area contributed by atoms with Crippen molar-refractivity contribution >= 4 is 11.6 Å². The summed E-state index contributed by atoms with van der Waals surface area (Å²) >= 11 is 5.94. The summed E-state index contributed by atoms with van der Waals surface area (Å²) in [6.07, 6.45) is -0.749. The molecular weight excluding hydrogens is 200 g/mol. The lowest BCUT2D eigenvalue weighted by Gasteiger charge is -2.29. The van der Waals surface area contributed by atoms with E-state index in [9.17, 15) is 5.11 Å². The third kappa shape index (κ3) is 2.27. The van der Waals surface area contributed by atoms with Crippen LogP contribution >= 0.6 is 11.6 Å². The van der Waals surface area contributed by atoms with E-state index >= 15 is 0 Å². The highest BCUT2D eigenvalue weighted by Gasteiger charge is 2.29. The van der Waals surface area contributed by atoms with Crippen molar-refractivity contribution in [1.29, 1.82) is 0 Å². The Balaban J connectivity index is 3.00. The van der Waals surface area contributed by atoms with E-state index in [1.807, 2.05) is 12.1 Å². The Kier molecular flexibility index (Phi) is 3.53. The molecule has 1 rings (SSSR count). The van der Waals surface area contributed by atoms with E-state index in [4.69, 9.17) is 16.7 Å². The predicted molar refractivity (Wildman–Crippen MR) is 57.3 cm³/mol. The lowest BCUT2D eigenvalue weighted by Crippen LogP contribution is -2.26. The number of aliphatic hydroxyl groups is 2. The molecule has 3 heteroatoms. The Morgan fingerprint density at radius 3 is 2.43 bits per heavy atom. The zero-order valence-corrected chi connectivity index (χ0v) is 9.12. The van der Waals surface area contributed by atoms with E-state index in [1.165, 1.54) is 0 Å². The van der Waals surface area contributed by atoms with Crippen LogP contribution in [0.3, 0.4) is 0 Å². The molecule has 14 heavy (non-hydrogen) atoms. The highest BCUT2D eigenvalue weighted by Crippen LogP contribution is 2.35. The van der Waals surface area contributed by atoms with E-state index in [1.54, 1.807) is 26.0 Å². The van der Waals surface area contributed by atoms with Gasteiger partial charge in [0, 0.05) is 10.4 Å². The molecule has 0 heterocycles. The normalized spacial score (nSPS) is 14.1. The number of benzene rings is 1. The minimum absolute atomic E-state index is 0.0839. The van der Waals surface area contributed by atoms with Crippen LogP contribution in [-0.4, -0.2) is 16.8 Å². The van der Waals surface area contributed by atoms with Gasteiger partial charge in [-0.15, -0.1) is 0 Å². The molecule has 0 fully saturated rings. The first kappa shape index (κ1) is 11.5. The van der Waals surface area contributed by atoms with E-state index in [0.717, 1.165) is 0 Å². The maximum absolute atomic E-state index is 9.98. The molecule has 0 aliphatic heterocycles. The Morgan fingerprint density at radius 1 is 1.36 bits per heavy atom. The van der Waals surface area contributed by atoms with Gasteiger partial charge >= 0.3 is 0 Å². The number of hydrogen-bond acceptors (Lipinski definition) is 2. The van der Waals surface area contributed by atoms with Crippen molar-refractivity contribution in [1.82, 2.24) is 0 Å². The fraction of sp³-hybridized carbons (Fsp3) is 0.455. The van der Waals surface area contributed by atoms with Crippen LogP contribution in [0.15, 0.2) is 24.3 Å². The third-order valence-electron chi connectivity index (χ3n) is 2.35. The molecule has 1 aromatic rings. The minimum Gasteiger partial charge on any atom is -0.396 e. The van der Waals surface area contributed by atoms with E-state index in [0.29, 0.717) is 10.6 Å². The molecule has 78 valence electrons. The van der Waals surface area contributed by atoms with Crippen molar-refractivity contribution in [3.8, 4) is 0 Å². The summed E-state index contributed by atoms with van der Waals surface area (Å²) in [5, 5.41) is 19.6. The smallest absolute Gasteiger partial charge is 0.0877 e. The van der Waals surface area contributed by atoms with E-state index in [2.05, 4.69) is 0 Å². The summed E-state index contributed by atoms with van der Waals surface area (Å²) in [5.74, 6) is 0. The molecule has 0 aromatic heterocycles. The molecule has 0 bridgehead atoms. The second kappa shape index (κ2) is 4.30. The molecule has 0 saturated heterocycles. The second-order valence-electron chi connectivity index (χ2n) is 4.07. The molecule has 0 unspecified atom stereocenters. The first-order valence-electron chi connectivity index (χ1n) is 4.52. The van der Waals surface area contributed by atoms with Gasteiger partial charge < -0.3 is 10.2 Å². The van der Waals surface area contributed by atoms with E-state index in [-0.39, 0.29) is 6.61 Å². The van der Waals surface area contributed by atoms with Gasteiger partial charge in [-0.2, -0.15) is 0 Å². The van der Waals surface area contributed by atoms with Gasteiger partial charge in [-0.3, -0.25) is 0 Å². The fourth-order valence-electron chi connectivity index (χ4n) is 1.20. The average Bonchev–Trinajstić information content (AvgIpc) is 2.17. The van der Waals surface area contributed by atoms with Crippen molar-refractivity contribution in [3.05, 3.63) is 34.9 Å². The first-order valence-corrected chi connectivity index (χ1v) is 4.90. The van der Waals surface area contributed by atoms with Crippen LogP contribution in [0.25, 0.3) is 0 Å². The Bertz CT molecular complexity index is 310. The van der Waals surface area contributed by atoms with Crippen molar-refractivity contribution in [2.24, 2.45) is 5.41 Å². The van der Waals surface area contributed by atoms with Crippen molar-refractivity contribution in [3.63, 3.8) is 0 Å². The summed E-state index contributed by atoms with van der Waals surface area (Å²) in [5.41, 5.74) is 0.0820. The minimum atomic E-state index is -0.749. The number of rotatable bonds is 3. The highest BCUT2D eigenvalue weighted by molar-refractivity contribution is 6.31. The first-order chi connectivity index (χ1) is 6.49. The molecule has 2 nitrogen and oxygen atoms in total. The van der Waals surface area contributed by atoms with E-state index < -0.39 is 11.5 Å². The topological polar surface area (TPSA) is 40.5 Å². The molecule has 0 radical (unpaired) electrons. The summed E-state index contributed by atoms with van der Waals surface area (Å²) in [7, 11) is 0. The lowest BCUT2D eigenvalue weighted by atomic mass is 9.83. The molecule has 0 amide bonds. The SMILES string of the molecule is CC(C)(CO)[C@@H](O)c1ccccc1Cl. The molecule has 0 aliphatic carbocycles.